The second kappa shape index (κ2) is 11.3. The van der Waals surface area contributed by atoms with Crippen molar-refractivity contribution in [2.45, 2.75) is 33.7 Å². The number of amides is 3. The lowest BCUT2D eigenvalue weighted by Crippen LogP contribution is -2.41. The lowest BCUT2D eigenvalue weighted by Gasteiger charge is -2.12. The Hall–Kier alpha value is -3.20. The normalized spacial score (nSPS) is 10.8. The molecule has 0 unspecified atom stereocenters. The molecule has 2 aromatic rings. The van der Waals surface area contributed by atoms with Crippen LogP contribution < -0.4 is 20.8 Å². The van der Waals surface area contributed by atoms with Gasteiger partial charge in [0.25, 0.3) is 5.91 Å². The minimum absolute atomic E-state index is 0.165. The molecule has 31 heavy (non-hydrogen) atoms. The van der Waals surface area contributed by atoms with Crippen LogP contribution in [0, 0.1) is 13.8 Å². The van der Waals surface area contributed by atoms with Crippen LogP contribution in [0.2, 0.25) is 0 Å². The van der Waals surface area contributed by atoms with E-state index in [1.165, 1.54) is 6.21 Å². The van der Waals surface area contributed by atoms with E-state index in [4.69, 9.17) is 4.74 Å². The third kappa shape index (κ3) is 7.86. The standard InChI is InChI=1S/C22H25BrN4O4/c1-13(2)25-21(29)22(30)27-24-11-16-10-17(23)7-8-19(16)31-12-20(28)26-18-9-14(3)5-6-15(18)4/h5-11,13H,12H2,1-4H3,(H,25,29)(H,26,28)(H,27,30)/b24-11-. The van der Waals surface area contributed by atoms with Crippen LogP contribution in [0.1, 0.15) is 30.5 Å². The Balaban J connectivity index is 2.01. The number of rotatable bonds is 7. The molecule has 0 saturated heterocycles. The van der Waals surface area contributed by atoms with E-state index >= 15 is 0 Å². The van der Waals surface area contributed by atoms with Gasteiger partial charge in [0.15, 0.2) is 6.61 Å². The fraction of sp³-hybridized carbons (Fsp3) is 0.273. The molecule has 0 aliphatic heterocycles. The van der Waals surface area contributed by atoms with Gasteiger partial charge < -0.3 is 15.4 Å². The minimum atomic E-state index is -0.879. The molecule has 2 rings (SSSR count). The molecule has 8 nitrogen and oxygen atoms in total. The summed E-state index contributed by atoms with van der Waals surface area (Å²) in [5.41, 5.74) is 5.39. The monoisotopic (exact) mass is 488 g/mol. The van der Waals surface area contributed by atoms with Gasteiger partial charge in [-0.3, -0.25) is 14.4 Å². The van der Waals surface area contributed by atoms with Crippen LogP contribution in [0.15, 0.2) is 46.0 Å². The van der Waals surface area contributed by atoms with Gasteiger partial charge in [0, 0.05) is 21.8 Å². The second-order valence-corrected chi connectivity index (χ2v) is 8.08. The molecule has 0 fully saturated rings. The molecule has 0 aromatic heterocycles. The molecule has 2 aromatic carbocycles. The van der Waals surface area contributed by atoms with Gasteiger partial charge in [0.1, 0.15) is 5.75 Å². The van der Waals surface area contributed by atoms with Gasteiger partial charge in [-0.2, -0.15) is 5.10 Å². The van der Waals surface area contributed by atoms with E-state index in [-0.39, 0.29) is 18.6 Å². The fourth-order valence-corrected chi connectivity index (χ4v) is 2.87. The number of aryl methyl sites for hydroxylation is 2. The topological polar surface area (TPSA) is 109 Å². The summed E-state index contributed by atoms with van der Waals surface area (Å²) < 4.78 is 6.39. The van der Waals surface area contributed by atoms with Crippen molar-refractivity contribution in [3.63, 3.8) is 0 Å². The van der Waals surface area contributed by atoms with Crippen LogP contribution in [0.4, 0.5) is 5.69 Å². The Morgan fingerprint density at radius 2 is 1.84 bits per heavy atom. The lowest BCUT2D eigenvalue weighted by molar-refractivity contribution is -0.139. The van der Waals surface area contributed by atoms with Crippen molar-refractivity contribution in [1.82, 2.24) is 10.7 Å². The predicted molar refractivity (Wildman–Crippen MR) is 123 cm³/mol. The average Bonchev–Trinajstić information content (AvgIpc) is 2.69. The van der Waals surface area contributed by atoms with E-state index < -0.39 is 11.8 Å². The molecule has 0 atom stereocenters. The quantitative estimate of drug-likeness (QED) is 0.316. The summed E-state index contributed by atoms with van der Waals surface area (Å²) in [7, 11) is 0. The second-order valence-electron chi connectivity index (χ2n) is 7.16. The van der Waals surface area contributed by atoms with Crippen molar-refractivity contribution in [3.8, 4) is 5.75 Å². The van der Waals surface area contributed by atoms with E-state index in [9.17, 15) is 14.4 Å². The maximum Gasteiger partial charge on any atom is 0.329 e. The SMILES string of the molecule is Cc1ccc(C)c(NC(=O)COc2ccc(Br)cc2/C=N\NC(=O)C(=O)NC(C)C)c1. The third-order valence-electron chi connectivity index (χ3n) is 3.99. The number of halogens is 1. The van der Waals surface area contributed by atoms with Crippen molar-refractivity contribution >= 4 is 45.6 Å². The largest absolute Gasteiger partial charge is 0.483 e. The van der Waals surface area contributed by atoms with Gasteiger partial charge >= 0.3 is 11.8 Å². The van der Waals surface area contributed by atoms with E-state index in [0.717, 1.165) is 21.3 Å². The van der Waals surface area contributed by atoms with Crippen LogP contribution in [-0.4, -0.2) is 36.6 Å². The Morgan fingerprint density at radius 1 is 1.10 bits per heavy atom. The van der Waals surface area contributed by atoms with Crippen molar-refractivity contribution in [2.75, 3.05) is 11.9 Å². The highest BCUT2D eigenvalue weighted by atomic mass is 79.9. The van der Waals surface area contributed by atoms with Crippen molar-refractivity contribution < 1.29 is 19.1 Å². The maximum atomic E-state index is 12.3. The van der Waals surface area contributed by atoms with Crippen LogP contribution in [-0.2, 0) is 14.4 Å². The third-order valence-corrected chi connectivity index (χ3v) is 4.49. The molecule has 0 heterocycles. The molecule has 3 N–H and O–H groups in total. The smallest absolute Gasteiger partial charge is 0.329 e. The number of carbonyl (C=O) groups is 3. The Bertz CT molecular complexity index is 1010. The highest BCUT2D eigenvalue weighted by molar-refractivity contribution is 9.10. The number of hydrogen-bond donors (Lipinski definition) is 3. The van der Waals surface area contributed by atoms with Crippen LogP contribution in [0.25, 0.3) is 0 Å². The molecule has 0 spiro atoms. The molecule has 9 heteroatoms. The molecular weight excluding hydrogens is 464 g/mol. The lowest BCUT2D eigenvalue weighted by atomic mass is 10.1. The average molecular weight is 489 g/mol. The first-order chi connectivity index (χ1) is 14.7. The maximum absolute atomic E-state index is 12.3. The van der Waals surface area contributed by atoms with E-state index in [2.05, 4.69) is 37.1 Å². The first kappa shape index (κ1) is 24.1. The number of benzene rings is 2. The van der Waals surface area contributed by atoms with Gasteiger partial charge in [-0.05, 0) is 63.1 Å². The summed E-state index contributed by atoms with van der Waals surface area (Å²) in [6, 6.07) is 10.8. The van der Waals surface area contributed by atoms with E-state index in [1.54, 1.807) is 32.0 Å². The zero-order valence-electron chi connectivity index (χ0n) is 17.8. The van der Waals surface area contributed by atoms with Crippen molar-refractivity contribution in [1.29, 1.82) is 0 Å². The number of nitrogens with zero attached hydrogens (tertiary/aromatic N) is 1. The van der Waals surface area contributed by atoms with Crippen molar-refractivity contribution in [3.05, 3.63) is 57.6 Å². The predicted octanol–water partition coefficient (Wildman–Crippen LogP) is 3.06. The summed E-state index contributed by atoms with van der Waals surface area (Å²) in [6.45, 7) is 7.14. The molecule has 164 valence electrons. The summed E-state index contributed by atoms with van der Waals surface area (Å²) >= 11 is 3.36. The number of nitrogens with one attached hydrogen (secondary N) is 3. The number of hydrazone groups is 1. The van der Waals surface area contributed by atoms with Gasteiger partial charge in [-0.15, -0.1) is 0 Å². The summed E-state index contributed by atoms with van der Waals surface area (Å²) in [4.78, 5) is 35.7. The van der Waals surface area contributed by atoms with Gasteiger partial charge in [-0.25, -0.2) is 5.43 Å². The Labute approximate surface area is 189 Å². The number of carbonyl (C=O) groups excluding carboxylic acids is 3. The summed E-state index contributed by atoms with van der Waals surface area (Å²) in [6.07, 6.45) is 1.34. The first-order valence-electron chi connectivity index (χ1n) is 9.59. The van der Waals surface area contributed by atoms with Crippen LogP contribution in [0.3, 0.4) is 0 Å². The molecule has 0 radical (unpaired) electrons. The van der Waals surface area contributed by atoms with Gasteiger partial charge in [0.05, 0.1) is 6.21 Å². The molecule has 0 saturated carbocycles. The Morgan fingerprint density at radius 3 is 2.55 bits per heavy atom. The zero-order chi connectivity index (χ0) is 23.0. The Kier molecular flexibility index (Phi) is 8.75. The van der Waals surface area contributed by atoms with Gasteiger partial charge in [0.2, 0.25) is 0 Å². The number of hydrogen-bond acceptors (Lipinski definition) is 5. The zero-order valence-corrected chi connectivity index (χ0v) is 19.4. The van der Waals surface area contributed by atoms with E-state index in [1.807, 2.05) is 32.0 Å². The highest BCUT2D eigenvalue weighted by Crippen LogP contribution is 2.22. The van der Waals surface area contributed by atoms with Crippen LogP contribution >= 0.6 is 15.9 Å². The minimum Gasteiger partial charge on any atom is -0.483 e. The molecular formula is C22H25BrN4O4. The molecule has 0 aliphatic rings. The number of anilines is 1. The number of ether oxygens (including phenoxy) is 1. The first-order valence-corrected chi connectivity index (χ1v) is 10.4. The van der Waals surface area contributed by atoms with Crippen LogP contribution in [0.5, 0.6) is 5.75 Å². The molecule has 3 amide bonds. The van der Waals surface area contributed by atoms with Crippen molar-refractivity contribution in [2.24, 2.45) is 5.10 Å². The van der Waals surface area contributed by atoms with Gasteiger partial charge in [-0.1, -0.05) is 28.1 Å². The summed E-state index contributed by atoms with van der Waals surface area (Å²) in [5.74, 6) is -1.57. The molecule has 0 aliphatic carbocycles. The highest BCUT2D eigenvalue weighted by Gasteiger charge is 2.13. The fourth-order valence-electron chi connectivity index (χ4n) is 2.49. The summed E-state index contributed by atoms with van der Waals surface area (Å²) in [5, 5.41) is 9.10. The molecule has 0 bridgehead atoms. The van der Waals surface area contributed by atoms with E-state index in [0.29, 0.717) is 11.3 Å².